The average Bonchev–Trinajstić information content (AvgIpc) is 2.93. The van der Waals surface area contributed by atoms with Crippen LogP contribution in [0.2, 0.25) is 0 Å². The molecule has 0 amide bonds. The minimum atomic E-state index is -3.54. The van der Waals surface area contributed by atoms with Crippen molar-refractivity contribution < 1.29 is 8.42 Å². The molecule has 0 aliphatic rings. The van der Waals surface area contributed by atoms with Crippen LogP contribution in [0.25, 0.3) is 0 Å². The number of hydrogen-bond acceptors (Lipinski definition) is 2. The van der Waals surface area contributed by atoms with Gasteiger partial charge in [0, 0.05) is 0 Å². The Bertz CT molecular complexity index is 1450. The Morgan fingerprint density at radius 1 is 0.528 bits per heavy atom. The fraction of sp³-hybridized carbons (Fsp3) is 0.0625. The van der Waals surface area contributed by atoms with E-state index in [0.29, 0.717) is 4.90 Å². The number of benzene rings is 5. The molecule has 5 rings (SSSR count). The molecule has 0 N–H and O–H groups in total. The number of sulfone groups is 1. The molecule has 0 atom stereocenters. The molecule has 180 valence electrons. The van der Waals surface area contributed by atoms with E-state index in [2.05, 4.69) is 84.9 Å². The number of hydrogen-bond donors (Lipinski definition) is 0. The van der Waals surface area contributed by atoms with Crippen LogP contribution in [0.1, 0.15) is 11.1 Å². The van der Waals surface area contributed by atoms with E-state index in [1.54, 1.807) is 24.3 Å². The molecule has 5 aromatic carbocycles. The van der Waals surface area contributed by atoms with Crippen molar-refractivity contribution >= 4 is 38.3 Å². The van der Waals surface area contributed by atoms with Crippen molar-refractivity contribution in [2.24, 2.45) is 0 Å². The summed E-state index contributed by atoms with van der Waals surface area (Å²) in [4.78, 5) is 0.352. The Morgan fingerprint density at radius 2 is 0.944 bits per heavy atom. The van der Waals surface area contributed by atoms with E-state index in [1.807, 2.05) is 37.3 Å². The van der Waals surface area contributed by atoms with Crippen LogP contribution in [0, 0.1) is 6.92 Å². The first-order valence-electron chi connectivity index (χ1n) is 12.1. The molecule has 4 heteroatoms. The Morgan fingerprint density at radius 3 is 1.39 bits per heavy atom. The molecule has 0 aromatic heterocycles. The topological polar surface area (TPSA) is 34.1 Å². The zero-order chi connectivity index (χ0) is 25.0. The first kappa shape index (κ1) is 24.2. The van der Waals surface area contributed by atoms with E-state index in [1.165, 1.54) is 15.9 Å². The van der Waals surface area contributed by atoms with Crippen LogP contribution in [0.3, 0.4) is 0 Å². The molecule has 0 aliphatic carbocycles. The van der Waals surface area contributed by atoms with Gasteiger partial charge in [0.15, 0.2) is 0 Å². The third kappa shape index (κ3) is 4.41. The molecule has 0 radical (unpaired) electrons. The third-order valence-electron chi connectivity index (χ3n) is 6.87. The second-order valence-electron chi connectivity index (χ2n) is 9.02. The summed E-state index contributed by atoms with van der Waals surface area (Å²) in [7, 11) is -6.38. The van der Waals surface area contributed by atoms with Gasteiger partial charge in [-0.25, -0.2) is 0 Å². The average molecular weight is 509 g/mol. The fourth-order valence-corrected chi connectivity index (χ4v) is 11.9. The summed E-state index contributed by atoms with van der Waals surface area (Å²) in [6.45, 7) is 2.03. The van der Waals surface area contributed by atoms with Gasteiger partial charge < -0.3 is 0 Å². The van der Waals surface area contributed by atoms with Crippen LogP contribution in [0.4, 0.5) is 0 Å². The van der Waals surface area contributed by atoms with Crippen LogP contribution in [0.15, 0.2) is 144 Å². The molecule has 0 saturated heterocycles. The van der Waals surface area contributed by atoms with Crippen LogP contribution < -0.4 is 21.2 Å². The van der Waals surface area contributed by atoms with Crippen LogP contribution in [0.5, 0.6) is 0 Å². The monoisotopic (exact) mass is 508 g/mol. The summed E-state index contributed by atoms with van der Waals surface area (Å²) >= 11 is 0. The van der Waals surface area contributed by atoms with E-state index in [0.717, 1.165) is 16.4 Å². The second-order valence-corrected chi connectivity index (χ2v) is 14.8. The molecule has 0 spiro atoms. The number of aryl methyl sites for hydroxylation is 1. The van der Waals surface area contributed by atoms with Crippen molar-refractivity contribution in [3.05, 3.63) is 151 Å². The van der Waals surface area contributed by atoms with Crippen molar-refractivity contribution in [1.29, 1.82) is 0 Å². The van der Waals surface area contributed by atoms with Gasteiger partial charge in [0.1, 0.15) is 0 Å². The standard InChI is InChI=1S/C32H29O2PS/c1-26-15-14-24-32(31(26)25-36(33,34)30-22-12-5-13-23-30)35(27-16-6-2-7-17-27,28-18-8-3-9-19-28)29-20-10-4-11-21-29/h2-24,35H,25H2,1H3. The molecule has 0 bridgehead atoms. The first-order chi connectivity index (χ1) is 17.5. The molecular formula is C32H29O2PS. The van der Waals surface area contributed by atoms with Gasteiger partial charge in [-0.15, -0.1) is 0 Å². The van der Waals surface area contributed by atoms with E-state index in [-0.39, 0.29) is 5.75 Å². The normalized spacial score (nSPS) is 12.2. The van der Waals surface area contributed by atoms with Crippen molar-refractivity contribution in [1.82, 2.24) is 0 Å². The molecule has 5 aromatic rings. The summed E-state index contributed by atoms with van der Waals surface area (Å²) in [5.41, 5.74) is 1.89. The summed E-state index contributed by atoms with van der Waals surface area (Å²) in [5.74, 6) is -0.0414. The molecule has 0 fully saturated rings. The Hall–Kier alpha value is -3.52. The van der Waals surface area contributed by atoms with Crippen molar-refractivity contribution in [2.75, 3.05) is 0 Å². The fourth-order valence-electron chi connectivity index (χ4n) is 5.18. The summed E-state index contributed by atoms with van der Waals surface area (Å²) < 4.78 is 27.3. The van der Waals surface area contributed by atoms with Crippen molar-refractivity contribution in [2.45, 2.75) is 17.6 Å². The van der Waals surface area contributed by atoms with Gasteiger partial charge in [-0.3, -0.25) is 0 Å². The summed E-state index contributed by atoms with van der Waals surface area (Å²) in [6, 6.07) is 46.8. The van der Waals surface area contributed by atoms with Gasteiger partial charge in [0.05, 0.1) is 0 Å². The molecule has 0 unspecified atom stereocenters. The van der Waals surface area contributed by atoms with Gasteiger partial charge in [0.25, 0.3) is 0 Å². The van der Waals surface area contributed by atoms with Crippen LogP contribution in [-0.4, -0.2) is 8.42 Å². The van der Waals surface area contributed by atoms with E-state index >= 15 is 0 Å². The molecule has 2 nitrogen and oxygen atoms in total. The second kappa shape index (κ2) is 10.2. The molecule has 0 aliphatic heterocycles. The Kier molecular flexibility index (Phi) is 6.87. The third-order valence-corrected chi connectivity index (χ3v) is 13.4. The van der Waals surface area contributed by atoms with E-state index in [9.17, 15) is 8.42 Å². The maximum atomic E-state index is 13.7. The van der Waals surface area contributed by atoms with Crippen LogP contribution >= 0.6 is 7.26 Å². The molecule has 0 saturated carbocycles. The van der Waals surface area contributed by atoms with E-state index in [4.69, 9.17) is 0 Å². The van der Waals surface area contributed by atoms with Gasteiger partial charge >= 0.3 is 215 Å². The maximum absolute atomic E-state index is 13.7. The number of rotatable bonds is 7. The van der Waals surface area contributed by atoms with Crippen molar-refractivity contribution in [3.8, 4) is 0 Å². The first-order valence-corrected chi connectivity index (χ1v) is 15.7. The molecular weight excluding hydrogens is 479 g/mol. The molecule has 36 heavy (non-hydrogen) atoms. The van der Waals surface area contributed by atoms with E-state index < -0.39 is 17.1 Å². The zero-order valence-corrected chi connectivity index (χ0v) is 22.0. The molecule has 0 heterocycles. The summed E-state index contributed by atoms with van der Waals surface area (Å²) in [5, 5.41) is 4.80. The Balaban J connectivity index is 1.86. The van der Waals surface area contributed by atoms with Gasteiger partial charge in [-0.1, -0.05) is 0 Å². The summed E-state index contributed by atoms with van der Waals surface area (Å²) in [6.07, 6.45) is 0. The van der Waals surface area contributed by atoms with Crippen molar-refractivity contribution in [3.63, 3.8) is 0 Å². The predicted octanol–water partition coefficient (Wildman–Crippen LogP) is 5.32. The Labute approximate surface area is 214 Å². The minimum absolute atomic E-state index is 0.0414. The van der Waals surface area contributed by atoms with Crippen LogP contribution in [-0.2, 0) is 15.6 Å². The quantitative estimate of drug-likeness (QED) is 0.279. The van der Waals surface area contributed by atoms with Gasteiger partial charge in [-0.05, 0) is 0 Å². The predicted molar refractivity (Wildman–Crippen MR) is 155 cm³/mol. The zero-order valence-electron chi connectivity index (χ0n) is 20.2. The van der Waals surface area contributed by atoms with Gasteiger partial charge in [0.2, 0.25) is 0 Å². The SMILES string of the molecule is Cc1cccc([PH](c2ccccc2)(c2ccccc2)c2ccccc2)c1CS(=O)(=O)c1ccccc1. The van der Waals surface area contributed by atoms with Gasteiger partial charge in [-0.2, -0.15) is 0 Å².